The summed E-state index contributed by atoms with van der Waals surface area (Å²) >= 11 is 3.43. The predicted octanol–water partition coefficient (Wildman–Crippen LogP) is 3.77. The van der Waals surface area contributed by atoms with Crippen molar-refractivity contribution in [3.05, 3.63) is 28.2 Å². The summed E-state index contributed by atoms with van der Waals surface area (Å²) < 4.78 is 0.920. The molecule has 0 spiro atoms. The van der Waals surface area contributed by atoms with Crippen LogP contribution in [0.4, 0.5) is 5.69 Å². The Labute approximate surface area is 116 Å². The molecule has 0 radical (unpaired) electrons. The van der Waals surface area contributed by atoms with E-state index in [2.05, 4.69) is 34.7 Å². The second kappa shape index (κ2) is 5.31. The molecule has 0 aliphatic heterocycles. The molecule has 0 saturated heterocycles. The molecule has 0 atom stereocenters. The zero-order valence-electron chi connectivity index (χ0n) is 10.7. The monoisotopic (exact) mass is 311 g/mol. The van der Waals surface area contributed by atoms with Gasteiger partial charge < -0.3 is 10.0 Å². The molecule has 1 aromatic rings. The first kappa shape index (κ1) is 13.4. The molecule has 1 saturated carbocycles. The summed E-state index contributed by atoms with van der Waals surface area (Å²) in [5, 5.41) is 9.29. The number of aromatic carboxylic acids is 1. The van der Waals surface area contributed by atoms with Crippen LogP contribution in [0.25, 0.3) is 0 Å². The topological polar surface area (TPSA) is 40.5 Å². The van der Waals surface area contributed by atoms with Crippen LogP contribution < -0.4 is 4.90 Å². The first-order valence-corrected chi connectivity index (χ1v) is 7.08. The lowest BCUT2D eigenvalue weighted by Gasteiger charge is -2.30. The molecule has 1 aliphatic rings. The maximum Gasteiger partial charge on any atom is 0.337 e. The number of carboxylic acids is 1. The summed E-state index contributed by atoms with van der Waals surface area (Å²) in [5.41, 5.74) is 1.20. The van der Waals surface area contributed by atoms with E-state index in [0.717, 1.165) is 22.6 Å². The summed E-state index contributed by atoms with van der Waals surface area (Å²) in [4.78, 5) is 13.5. The molecule has 0 heterocycles. The van der Waals surface area contributed by atoms with E-state index < -0.39 is 5.97 Å². The number of anilines is 1. The van der Waals surface area contributed by atoms with Gasteiger partial charge in [0, 0.05) is 17.1 Å². The standard InChI is InChI=1S/C14H18BrNO2/c1-9(2)16(8-10-3-4-10)13-7-11(15)5-6-12(13)14(17)18/h5-7,9-10H,3-4,8H2,1-2H3,(H,17,18). The van der Waals surface area contributed by atoms with Crippen molar-refractivity contribution >= 4 is 27.6 Å². The number of hydrogen-bond acceptors (Lipinski definition) is 2. The number of halogens is 1. The zero-order valence-corrected chi connectivity index (χ0v) is 12.3. The molecule has 1 aromatic carbocycles. The van der Waals surface area contributed by atoms with Crippen molar-refractivity contribution in [2.75, 3.05) is 11.4 Å². The SMILES string of the molecule is CC(C)N(CC1CC1)c1cc(Br)ccc1C(=O)O. The molecule has 3 nitrogen and oxygen atoms in total. The van der Waals surface area contributed by atoms with Crippen LogP contribution in [0.2, 0.25) is 0 Å². The first-order valence-electron chi connectivity index (χ1n) is 6.28. The third kappa shape index (κ3) is 3.05. The number of carbonyl (C=O) groups is 1. The average Bonchev–Trinajstić information content (AvgIpc) is 3.08. The zero-order chi connectivity index (χ0) is 13.3. The highest BCUT2D eigenvalue weighted by atomic mass is 79.9. The van der Waals surface area contributed by atoms with Crippen molar-refractivity contribution in [1.82, 2.24) is 0 Å². The molecular weight excluding hydrogens is 294 g/mol. The van der Waals surface area contributed by atoms with Crippen LogP contribution in [0.5, 0.6) is 0 Å². The van der Waals surface area contributed by atoms with Crippen molar-refractivity contribution in [2.45, 2.75) is 32.7 Å². The lowest BCUT2D eigenvalue weighted by atomic mass is 10.1. The number of benzene rings is 1. The molecule has 0 unspecified atom stereocenters. The molecule has 2 rings (SSSR count). The van der Waals surface area contributed by atoms with E-state index in [1.807, 2.05) is 6.07 Å². The second-order valence-electron chi connectivity index (χ2n) is 5.16. The van der Waals surface area contributed by atoms with Gasteiger partial charge in [-0.1, -0.05) is 15.9 Å². The molecule has 1 fully saturated rings. The summed E-state index contributed by atoms with van der Waals surface area (Å²) in [5.74, 6) is -0.132. The fourth-order valence-electron chi connectivity index (χ4n) is 2.09. The van der Waals surface area contributed by atoms with Gasteiger partial charge in [-0.2, -0.15) is 0 Å². The molecule has 98 valence electrons. The maximum atomic E-state index is 11.3. The minimum absolute atomic E-state index is 0.304. The molecule has 0 bridgehead atoms. The minimum atomic E-state index is -0.862. The number of carboxylic acid groups (broad SMARTS) is 1. The summed E-state index contributed by atoms with van der Waals surface area (Å²) in [6, 6.07) is 5.66. The highest BCUT2D eigenvalue weighted by Crippen LogP contribution is 2.34. The predicted molar refractivity (Wildman–Crippen MR) is 76.3 cm³/mol. The Balaban J connectivity index is 2.37. The third-order valence-electron chi connectivity index (χ3n) is 3.27. The van der Waals surface area contributed by atoms with Crippen LogP contribution >= 0.6 is 15.9 Å². The van der Waals surface area contributed by atoms with Gasteiger partial charge >= 0.3 is 5.97 Å². The van der Waals surface area contributed by atoms with Crippen LogP contribution in [0.15, 0.2) is 22.7 Å². The van der Waals surface area contributed by atoms with Crippen molar-refractivity contribution in [2.24, 2.45) is 5.92 Å². The Morgan fingerprint density at radius 2 is 2.17 bits per heavy atom. The van der Waals surface area contributed by atoms with Gasteiger partial charge in [0.25, 0.3) is 0 Å². The van der Waals surface area contributed by atoms with E-state index in [0.29, 0.717) is 11.6 Å². The van der Waals surface area contributed by atoms with Crippen molar-refractivity contribution in [3.63, 3.8) is 0 Å². The smallest absolute Gasteiger partial charge is 0.337 e. The van der Waals surface area contributed by atoms with Gasteiger partial charge in [-0.25, -0.2) is 4.79 Å². The Morgan fingerprint density at radius 3 is 2.67 bits per heavy atom. The molecule has 0 aromatic heterocycles. The molecule has 18 heavy (non-hydrogen) atoms. The van der Waals surface area contributed by atoms with E-state index in [9.17, 15) is 9.90 Å². The number of rotatable bonds is 5. The lowest BCUT2D eigenvalue weighted by molar-refractivity contribution is 0.0697. The van der Waals surface area contributed by atoms with Gasteiger partial charge in [-0.15, -0.1) is 0 Å². The van der Waals surface area contributed by atoms with E-state index in [1.165, 1.54) is 12.8 Å². The number of hydrogen-bond donors (Lipinski definition) is 1. The Morgan fingerprint density at radius 1 is 1.50 bits per heavy atom. The summed E-state index contributed by atoms with van der Waals surface area (Å²) in [7, 11) is 0. The lowest BCUT2D eigenvalue weighted by Crippen LogP contribution is -2.34. The molecular formula is C14H18BrNO2. The van der Waals surface area contributed by atoms with Crippen molar-refractivity contribution in [3.8, 4) is 0 Å². The molecule has 1 aliphatic carbocycles. The average molecular weight is 312 g/mol. The van der Waals surface area contributed by atoms with E-state index in [4.69, 9.17) is 0 Å². The normalized spacial score (nSPS) is 14.9. The summed E-state index contributed by atoms with van der Waals surface area (Å²) in [6.45, 7) is 5.16. The fourth-order valence-corrected chi connectivity index (χ4v) is 2.44. The highest BCUT2D eigenvalue weighted by molar-refractivity contribution is 9.10. The van der Waals surface area contributed by atoms with E-state index >= 15 is 0 Å². The maximum absolute atomic E-state index is 11.3. The fraction of sp³-hybridized carbons (Fsp3) is 0.500. The van der Waals surface area contributed by atoms with Gasteiger partial charge in [0.05, 0.1) is 11.3 Å². The molecule has 4 heteroatoms. The third-order valence-corrected chi connectivity index (χ3v) is 3.77. The van der Waals surface area contributed by atoms with Crippen LogP contribution in [-0.2, 0) is 0 Å². The highest BCUT2D eigenvalue weighted by Gasteiger charge is 2.27. The van der Waals surface area contributed by atoms with E-state index in [-0.39, 0.29) is 0 Å². The molecule has 1 N–H and O–H groups in total. The van der Waals surface area contributed by atoms with Gasteiger partial charge in [-0.05, 0) is 50.8 Å². The largest absolute Gasteiger partial charge is 0.478 e. The first-order chi connectivity index (χ1) is 8.49. The quantitative estimate of drug-likeness (QED) is 0.899. The minimum Gasteiger partial charge on any atom is -0.478 e. The van der Waals surface area contributed by atoms with E-state index in [1.54, 1.807) is 12.1 Å². The van der Waals surface area contributed by atoms with Gasteiger partial charge in [0.15, 0.2) is 0 Å². The van der Waals surface area contributed by atoms with Crippen LogP contribution in [-0.4, -0.2) is 23.7 Å². The Hall–Kier alpha value is -1.03. The van der Waals surface area contributed by atoms with Crippen LogP contribution in [0.1, 0.15) is 37.0 Å². The second-order valence-corrected chi connectivity index (χ2v) is 6.07. The van der Waals surface area contributed by atoms with Gasteiger partial charge in [0.1, 0.15) is 0 Å². The number of nitrogens with zero attached hydrogens (tertiary/aromatic N) is 1. The van der Waals surface area contributed by atoms with Gasteiger partial charge in [0.2, 0.25) is 0 Å². The van der Waals surface area contributed by atoms with Crippen molar-refractivity contribution in [1.29, 1.82) is 0 Å². The summed E-state index contributed by atoms with van der Waals surface area (Å²) in [6.07, 6.45) is 2.53. The van der Waals surface area contributed by atoms with Crippen LogP contribution in [0.3, 0.4) is 0 Å². The Kier molecular flexibility index (Phi) is 3.95. The molecule has 0 amide bonds. The Bertz CT molecular complexity index is 455. The van der Waals surface area contributed by atoms with Gasteiger partial charge in [-0.3, -0.25) is 0 Å². The van der Waals surface area contributed by atoms with Crippen LogP contribution in [0, 0.1) is 5.92 Å². The van der Waals surface area contributed by atoms with Crippen molar-refractivity contribution < 1.29 is 9.90 Å².